The topological polar surface area (TPSA) is 0 Å². The van der Waals surface area contributed by atoms with E-state index in [0.29, 0.717) is 9.90 Å². The van der Waals surface area contributed by atoms with Gasteiger partial charge in [-0.25, -0.2) is 4.39 Å². The van der Waals surface area contributed by atoms with Gasteiger partial charge in [-0.15, -0.1) is 22.9 Å². The average Bonchev–Trinajstić information content (AvgIpc) is 2.67. The first-order valence-electron chi connectivity index (χ1n) is 4.73. The second-order valence-electron chi connectivity index (χ2n) is 3.53. The first kappa shape index (κ1) is 11.9. The SMILES string of the molecule is Cc1ccc(F)c(C(Cl)c2ccc(Cl)s2)c1. The molecule has 2 rings (SSSR count). The van der Waals surface area contributed by atoms with E-state index in [1.54, 1.807) is 18.2 Å². The largest absolute Gasteiger partial charge is 0.207 e. The van der Waals surface area contributed by atoms with E-state index in [4.69, 9.17) is 23.2 Å². The first-order valence-corrected chi connectivity index (χ1v) is 6.36. The summed E-state index contributed by atoms with van der Waals surface area (Å²) in [5.41, 5.74) is 1.49. The van der Waals surface area contributed by atoms with Crippen molar-refractivity contribution in [3.05, 3.63) is 56.5 Å². The summed E-state index contributed by atoms with van der Waals surface area (Å²) in [4.78, 5) is 0.858. The monoisotopic (exact) mass is 274 g/mol. The molecule has 1 aromatic heterocycles. The highest BCUT2D eigenvalue weighted by molar-refractivity contribution is 7.16. The number of hydrogen-bond acceptors (Lipinski definition) is 1. The van der Waals surface area contributed by atoms with E-state index >= 15 is 0 Å². The summed E-state index contributed by atoms with van der Waals surface area (Å²) < 4.78 is 14.3. The van der Waals surface area contributed by atoms with Gasteiger partial charge in [-0.2, -0.15) is 0 Å². The van der Waals surface area contributed by atoms with Crippen LogP contribution in [0.1, 0.15) is 21.4 Å². The van der Waals surface area contributed by atoms with Crippen LogP contribution in [0.5, 0.6) is 0 Å². The zero-order chi connectivity index (χ0) is 11.7. The van der Waals surface area contributed by atoms with E-state index in [2.05, 4.69) is 0 Å². The molecule has 0 saturated heterocycles. The Hall–Kier alpha value is -0.570. The highest BCUT2D eigenvalue weighted by Gasteiger charge is 2.17. The molecule has 0 spiro atoms. The van der Waals surface area contributed by atoms with Crippen molar-refractivity contribution in [3.63, 3.8) is 0 Å². The molecule has 1 atom stereocenters. The van der Waals surface area contributed by atoms with Crippen molar-refractivity contribution < 1.29 is 4.39 Å². The normalized spacial score (nSPS) is 12.8. The van der Waals surface area contributed by atoms with Crippen LogP contribution in [0.2, 0.25) is 4.34 Å². The maximum Gasteiger partial charge on any atom is 0.128 e. The van der Waals surface area contributed by atoms with Gasteiger partial charge in [-0.1, -0.05) is 29.3 Å². The lowest BCUT2D eigenvalue weighted by Crippen LogP contribution is -1.95. The van der Waals surface area contributed by atoms with E-state index in [0.717, 1.165) is 10.4 Å². The van der Waals surface area contributed by atoms with Crippen LogP contribution >= 0.6 is 34.5 Å². The number of aryl methyl sites for hydroxylation is 1. The number of halogens is 3. The van der Waals surface area contributed by atoms with E-state index in [-0.39, 0.29) is 5.82 Å². The van der Waals surface area contributed by atoms with Gasteiger partial charge in [-0.3, -0.25) is 0 Å². The van der Waals surface area contributed by atoms with Crippen molar-refractivity contribution in [2.24, 2.45) is 0 Å². The Balaban J connectivity index is 2.40. The minimum Gasteiger partial charge on any atom is -0.207 e. The molecule has 0 aliphatic carbocycles. The zero-order valence-corrected chi connectivity index (χ0v) is 10.8. The molecule has 0 radical (unpaired) electrons. The van der Waals surface area contributed by atoms with Crippen molar-refractivity contribution in [2.75, 3.05) is 0 Å². The van der Waals surface area contributed by atoms with Gasteiger partial charge >= 0.3 is 0 Å². The third-order valence-electron chi connectivity index (χ3n) is 2.27. The Bertz CT molecular complexity index is 507. The van der Waals surface area contributed by atoms with Gasteiger partial charge in [0.1, 0.15) is 5.82 Å². The van der Waals surface area contributed by atoms with Gasteiger partial charge in [0.15, 0.2) is 0 Å². The fourth-order valence-corrected chi connectivity index (χ4v) is 2.91. The lowest BCUT2D eigenvalue weighted by molar-refractivity contribution is 0.612. The lowest BCUT2D eigenvalue weighted by Gasteiger charge is -2.09. The summed E-state index contributed by atoms with van der Waals surface area (Å²) in [6.45, 7) is 1.91. The third kappa shape index (κ3) is 2.40. The summed E-state index contributed by atoms with van der Waals surface area (Å²) >= 11 is 13.4. The summed E-state index contributed by atoms with van der Waals surface area (Å²) in [7, 11) is 0. The van der Waals surface area contributed by atoms with Gasteiger partial charge in [0.2, 0.25) is 0 Å². The molecule has 16 heavy (non-hydrogen) atoms. The molecule has 0 bridgehead atoms. The minimum atomic E-state index is -0.475. The van der Waals surface area contributed by atoms with Crippen LogP contribution < -0.4 is 0 Å². The molecule has 1 aromatic carbocycles. The molecule has 1 unspecified atom stereocenters. The van der Waals surface area contributed by atoms with E-state index in [1.807, 2.05) is 13.0 Å². The minimum absolute atomic E-state index is 0.282. The van der Waals surface area contributed by atoms with Crippen LogP contribution in [0.15, 0.2) is 30.3 Å². The number of rotatable bonds is 2. The quantitative estimate of drug-likeness (QED) is 0.663. The Morgan fingerprint density at radius 3 is 2.62 bits per heavy atom. The Kier molecular flexibility index (Phi) is 3.53. The number of hydrogen-bond donors (Lipinski definition) is 0. The maximum absolute atomic E-state index is 13.6. The molecule has 0 saturated carbocycles. The van der Waals surface area contributed by atoms with Crippen molar-refractivity contribution in [2.45, 2.75) is 12.3 Å². The van der Waals surface area contributed by atoms with Gasteiger partial charge in [0.05, 0.1) is 9.71 Å². The molecule has 0 fully saturated rings. The highest BCUT2D eigenvalue weighted by atomic mass is 35.5. The zero-order valence-electron chi connectivity index (χ0n) is 8.51. The predicted molar refractivity (Wildman–Crippen MR) is 68.2 cm³/mol. The first-order chi connectivity index (χ1) is 7.58. The summed E-state index contributed by atoms with van der Waals surface area (Å²) in [5, 5.41) is -0.475. The molecule has 0 nitrogen and oxygen atoms in total. The van der Waals surface area contributed by atoms with Crippen molar-refractivity contribution >= 4 is 34.5 Å². The van der Waals surface area contributed by atoms with Gasteiger partial charge < -0.3 is 0 Å². The molecule has 0 N–H and O–H groups in total. The van der Waals surface area contributed by atoms with E-state index in [9.17, 15) is 4.39 Å². The maximum atomic E-state index is 13.6. The van der Waals surface area contributed by atoms with Gasteiger partial charge in [0, 0.05) is 10.4 Å². The molecular formula is C12H9Cl2FS. The van der Waals surface area contributed by atoms with Gasteiger partial charge in [0.25, 0.3) is 0 Å². The van der Waals surface area contributed by atoms with Crippen LogP contribution in [-0.2, 0) is 0 Å². The molecule has 84 valence electrons. The van der Waals surface area contributed by atoms with E-state index in [1.165, 1.54) is 17.4 Å². The molecular weight excluding hydrogens is 266 g/mol. The second-order valence-corrected chi connectivity index (χ2v) is 5.71. The molecule has 0 aliphatic rings. The average molecular weight is 275 g/mol. The Morgan fingerprint density at radius 1 is 1.25 bits per heavy atom. The Morgan fingerprint density at radius 2 is 2.00 bits per heavy atom. The standard InChI is InChI=1S/C12H9Cl2FS/c1-7-2-3-9(15)8(6-7)12(14)10-4-5-11(13)16-10/h2-6,12H,1H3. The molecule has 0 amide bonds. The smallest absolute Gasteiger partial charge is 0.128 e. The molecule has 2 aromatic rings. The fraction of sp³-hybridized carbons (Fsp3) is 0.167. The molecule has 1 heterocycles. The summed E-state index contributed by atoms with van der Waals surface area (Å²) in [5.74, 6) is -0.282. The lowest BCUT2D eigenvalue weighted by atomic mass is 10.1. The van der Waals surface area contributed by atoms with Gasteiger partial charge in [-0.05, 0) is 25.1 Å². The number of benzene rings is 1. The van der Waals surface area contributed by atoms with Crippen LogP contribution in [0, 0.1) is 12.7 Å². The van der Waals surface area contributed by atoms with Crippen molar-refractivity contribution in [3.8, 4) is 0 Å². The van der Waals surface area contributed by atoms with Crippen LogP contribution in [0.25, 0.3) is 0 Å². The van der Waals surface area contributed by atoms with Crippen molar-refractivity contribution in [1.82, 2.24) is 0 Å². The highest BCUT2D eigenvalue weighted by Crippen LogP contribution is 2.36. The Labute approximate surface area is 108 Å². The number of thiophene rings is 1. The second kappa shape index (κ2) is 4.74. The van der Waals surface area contributed by atoms with Crippen LogP contribution in [0.3, 0.4) is 0 Å². The number of alkyl halides is 1. The molecule has 0 aliphatic heterocycles. The van der Waals surface area contributed by atoms with Crippen molar-refractivity contribution in [1.29, 1.82) is 0 Å². The molecule has 4 heteroatoms. The van der Waals surface area contributed by atoms with Crippen LogP contribution in [0.4, 0.5) is 4.39 Å². The summed E-state index contributed by atoms with van der Waals surface area (Å²) in [6.07, 6.45) is 0. The van der Waals surface area contributed by atoms with Crippen LogP contribution in [-0.4, -0.2) is 0 Å². The summed E-state index contributed by atoms with van der Waals surface area (Å²) in [6, 6.07) is 8.52. The van der Waals surface area contributed by atoms with E-state index < -0.39 is 5.38 Å². The third-order valence-corrected chi connectivity index (χ3v) is 4.16. The fourth-order valence-electron chi connectivity index (χ4n) is 1.48. The predicted octanol–water partition coefficient (Wildman–Crippen LogP) is 5.18.